The molecule has 0 saturated carbocycles. The second-order valence-corrected chi connectivity index (χ2v) is 3.07. The van der Waals surface area contributed by atoms with Gasteiger partial charge in [-0.25, -0.2) is 0 Å². The van der Waals surface area contributed by atoms with E-state index in [4.69, 9.17) is 0 Å². The second kappa shape index (κ2) is 14.0. The number of carbonyl (C=O) groups is 1. The molecule has 0 unspecified atom stereocenters. The molecule has 13 heavy (non-hydrogen) atoms. The van der Waals surface area contributed by atoms with Crippen LogP contribution in [0.5, 0.6) is 0 Å². The molecule has 0 heterocycles. The molecule has 0 aliphatic heterocycles. The third-order valence-electron chi connectivity index (χ3n) is 1.38. The highest BCUT2D eigenvalue weighted by atomic mass is 16.1. The van der Waals surface area contributed by atoms with Gasteiger partial charge in [-0.15, -0.1) is 0 Å². The molecular formula is C10H24N2O. The summed E-state index contributed by atoms with van der Waals surface area (Å²) in [5, 5.41) is 3.37. The molecule has 3 nitrogen and oxygen atoms in total. The van der Waals surface area contributed by atoms with Crippen molar-refractivity contribution < 1.29 is 4.79 Å². The molecule has 1 amide bonds. The summed E-state index contributed by atoms with van der Waals surface area (Å²) < 4.78 is 0. The minimum atomic E-state index is -0.333. The van der Waals surface area contributed by atoms with Gasteiger partial charge < -0.3 is 11.1 Å². The first-order valence-corrected chi connectivity index (χ1v) is 5.11. The maximum absolute atomic E-state index is 9.22. The minimum absolute atomic E-state index is 0.333. The molecule has 0 aromatic rings. The predicted molar refractivity (Wildman–Crippen MR) is 57.6 cm³/mol. The van der Waals surface area contributed by atoms with E-state index in [0.29, 0.717) is 0 Å². The Morgan fingerprint density at radius 1 is 1.15 bits per heavy atom. The third kappa shape index (κ3) is 34.5. The lowest BCUT2D eigenvalue weighted by molar-refractivity contribution is -0.115. The van der Waals surface area contributed by atoms with E-state index in [0.717, 1.165) is 0 Å². The van der Waals surface area contributed by atoms with E-state index in [9.17, 15) is 4.79 Å². The summed E-state index contributed by atoms with van der Waals surface area (Å²) in [5.74, 6) is -0.333. The van der Waals surface area contributed by atoms with Crippen molar-refractivity contribution in [2.75, 3.05) is 13.1 Å². The van der Waals surface area contributed by atoms with Crippen LogP contribution in [0.15, 0.2) is 0 Å². The standard InChI is InChI=1S/C8H19N.C2H5NO/c1-3-5-6-8-9-7-4-2;1-2(3)4/h9H,3-8H2,1-2H3;1H3,(H2,3,4). The van der Waals surface area contributed by atoms with Crippen LogP contribution in [0.4, 0.5) is 0 Å². The van der Waals surface area contributed by atoms with E-state index in [1.807, 2.05) is 0 Å². The molecule has 0 radical (unpaired) electrons. The predicted octanol–water partition coefficient (Wildman–Crippen LogP) is 1.67. The average Bonchev–Trinajstić information content (AvgIpc) is 2.03. The van der Waals surface area contributed by atoms with E-state index in [-0.39, 0.29) is 5.91 Å². The molecule has 0 saturated heterocycles. The van der Waals surface area contributed by atoms with Gasteiger partial charge in [0.2, 0.25) is 5.91 Å². The van der Waals surface area contributed by atoms with Crippen LogP contribution in [0.2, 0.25) is 0 Å². The molecular weight excluding hydrogens is 164 g/mol. The van der Waals surface area contributed by atoms with Crippen molar-refractivity contribution in [1.82, 2.24) is 5.32 Å². The summed E-state index contributed by atoms with van der Waals surface area (Å²) >= 11 is 0. The molecule has 0 aliphatic carbocycles. The van der Waals surface area contributed by atoms with Gasteiger partial charge in [-0.2, -0.15) is 0 Å². The monoisotopic (exact) mass is 188 g/mol. The Morgan fingerprint density at radius 2 is 1.69 bits per heavy atom. The summed E-state index contributed by atoms with van der Waals surface area (Å²) in [5.41, 5.74) is 4.47. The Morgan fingerprint density at radius 3 is 2.08 bits per heavy atom. The molecule has 0 spiro atoms. The average molecular weight is 188 g/mol. The number of rotatable bonds is 6. The summed E-state index contributed by atoms with van der Waals surface area (Å²) in [4.78, 5) is 9.22. The van der Waals surface area contributed by atoms with Crippen molar-refractivity contribution in [2.24, 2.45) is 5.73 Å². The number of nitrogens with two attached hydrogens (primary N) is 1. The zero-order valence-corrected chi connectivity index (χ0v) is 9.23. The smallest absolute Gasteiger partial charge is 0.214 e. The molecule has 0 atom stereocenters. The van der Waals surface area contributed by atoms with Crippen LogP contribution in [0.1, 0.15) is 46.5 Å². The number of primary amides is 1. The van der Waals surface area contributed by atoms with Crippen LogP contribution in [-0.2, 0) is 4.79 Å². The zero-order valence-electron chi connectivity index (χ0n) is 9.23. The van der Waals surface area contributed by atoms with E-state index in [2.05, 4.69) is 24.9 Å². The number of unbranched alkanes of at least 4 members (excludes halogenated alkanes) is 2. The molecule has 3 N–H and O–H groups in total. The van der Waals surface area contributed by atoms with Crippen molar-refractivity contribution in [1.29, 1.82) is 0 Å². The van der Waals surface area contributed by atoms with Crippen molar-refractivity contribution >= 4 is 5.91 Å². The second-order valence-electron chi connectivity index (χ2n) is 3.07. The first kappa shape index (κ1) is 14.9. The first-order valence-electron chi connectivity index (χ1n) is 5.11. The fraction of sp³-hybridized carbons (Fsp3) is 0.900. The van der Waals surface area contributed by atoms with Crippen molar-refractivity contribution in [3.8, 4) is 0 Å². The van der Waals surface area contributed by atoms with E-state index in [1.165, 1.54) is 45.7 Å². The maximum Gasteiger partial charge on any atom is 0.214 e. The maximum atomic E-state index is 9.22. The van der Waals surface area contributed by atoms with Gasteiger partial charge in [0.05, 0.1) is 0 Å². The number of hydrogen-bond acceptors (Lipinski definition) is 2. The molecule has 0 rings (SSSR count). The van der Waals surface area contributed by atoms with Crippen molar-refractivity contribution in [3.05, 3.63) is 0 Å². The Bertz CT molecular complexity index is 95.1. The lowest BCUT2D eigenvalue weighted by atomic mass is 10.2. The number of amides is 1. The van der Waals surface area contributed by atoms with Crippen LogP contribution in [0.3, 0.4) is 0 Å². The lowest BCUT2D eigenvalue weighted by Gasteiger charge is -1.99. The zero-order chi connectivity index (χ0) is 10.5. The highest BCUT2D eigenvalue weighted by Crippen LogP contribution is 1.90. The Balaban J connectivity index is 0. The Labute approximate surface area is 82.1 Å². The first-order chi connectivity index (χ1) is 6.15. The van der Waals surface area contributed by atoms with Crippen molar-refractivity contribution in [2.45, 2.75) is 46.5 Å². The summed E-state index contributed by atoms with van der Waals surface area (Å²) in [6, 6.07) is 0. The SMILES string of the molecule is CC(N)=O.CCCCCNCCC. The van der Waals surface area contributed by atoms with Crippen LogP contribution < -0.4 is 11.1 Å². The van der Waals surface area contributed by atoms with Gasteiger partial charge in [-0.05, 0) is 25.9 Å². The van der Waals surface area contributed by atoms with Gasteiger partial charge in [0.25, 0.3) is 0 Å². The van der Waals surface area contributed by atoms with E-state index in [1.54, 1.807) is 0 Å². The highest BCUT2D eigenvalue weighted by Gasteiger charge is 1.83. The summed E-state index contributed by atoms with van der Waals surface area (Å²) in [6.07, 6.45) is 5.30. The molecule has 3 heteroatoms. The number of nitrogens with one attached hydrogen (secondary N) is 1. The van der Waals surface area contributed by atoms with E-state index >= 15 is 0 Å². The topological polar surface area (TPSA) is 55.1 Å². The summed E-state index contributed by atoms with van der Waals surface area (Å²) in [7, 11) is 0. The van der Waals surface area contributed by atoms with Crippen LogP contribution in [0, 0.1) is 0 Å². The van der Waals surface area contributed by atoms with Gasteiger partial charge in [-0.3, -0.25) is 4.79 Å². The molecule has 0 aromatic heterocycles. The van der Waals surface area contributed by atoms with Crippen molar-refractivity contribution in [3.63, 3.8) is 0 Å². The molecule has 80 valence electrons. The third-order valence-corrected chi connectivity index (χ3v) is 1.38. The van der Waals surface area contributed by atoms with Crippen LogP contribution >= 0.6 is 0 Å². The highest BCUT2D eigenvalue weighted by molar-refractivity contribution is 5.70. The van der Waals surface area contributed by atoms with Crippen LogP contribution in [-0.4, -0.2) is 19.0 Å². The molecule has 0 fully saturated rings. The Hall–Kier alpha value is -0.570. The van der Waals surface area contributed by atoms with Gasteiger partial charge in [0.1, 0.15) is 0 Å². The summed E-state index contributed by atoms with van der Waals surface area (Å²) in [6.45, 7) is 8.14. The van der Waals surface area contributed by atoms with Gasteiger partial charge in [0, 0.05) is 6.92 Å². The molecule has 0 bridgehead atoms. The Kier molecular flexibility index (Phi) is 16.1. The van der Waals surface area contributed by atoms with Gasteiger partial charge >= 0.3 is 0 Å². The molecule has 0 aliphatic rings. The van der Waals surface area contributed by atoms with Gasteiger partial charge in [0.15, 0.2) is 0 Å². The normalized spacial score (nSPS) is 8.85. The largest absolute Gasteiger partial charge is 0.370 e. The fourth-order valence-electron chi connectivity index (χ4n) is 0.802. The molecule has 0 aromatic carbocycles. The number of hydrogen-bond donors (Lipinski definition) is 2. The number of carbonyl (C=O) groups excluding carboxylic acids is 1. The lowest BCUT2D eigenvalue weighted by Crippen LogP contribution is -2.15. The van der Waals surface area contributed by atoms with Crippen LogP contribution in [0.25, 0.3) is 0 Å². The van der Waals surface area contributed by atoms with Gasteiger partial charge in [-0.1, -0.05) is 26.7 Å². The fourth-order valence-corrected chi connectivity index (χ4v) is 0.802. The quantitative estimate of drug-likeness (QED) is 0.623. The van der Waals surface area contributed by atoms with E-state index < -0.39 is 0 Å². The minimum Gasteiger partial charge on any atom is -0.370 e.